The third-order valence-corrected chi connectivity index (χ3v) is 3.52. The van der Waals surface area contributed by atoms with Gasteiger partial charge >= 0.3 is 0 Å². The highest BCUT2D eigenvalue weighted by Gasteiger charge is 2.25. The summed E-state index contributed by atoms with van der Waals surface area (Å²) in [5.74, 6) is 0.0185. The Morgan fingerprint density at radius 2 is 2.32 bits per heavy atom. The molecule has 0 spiro atoms. The van der Waals surface area contributed by atoms with Gasteiger partial charge in [-0.2, -0.15) is 0 Å². The Labute approximate surface area is 114 Å². The van der Waals surface area contributed by atoms with E-state index in [1.165, 1.54) is 0 Å². The van der Waals surface area contributed by atoms with Crippen LogP contribution in [0, 0.1) is 0 Å². The Hall–Kier alpha value is -1.59. The first kappa shape index (κ1) is 13.8. The second-order valence-corrected chi connectivity index (χ2v) is 5.31. The van der Waals surface area contributed by atoms with E-state index in [1.54, 1.807) is 12.1 Å². The predicted octanol–water partition coefficient (Wildman–Crippen LogP) is 0.843. The number of nitrogens with two attached hydrogens (primary N) is 1. The highest BCUT2D eigenvalue weighted by Crippen LogP contribution is 2.14. The van der Waals surface area contributed by atoms with Gasteiger partial charge in [-0.05, 0) is 38.7 Å². The van der Waals surface area contributed by atoms with Crippen LogP contribution in [0.4, 0.5) is 11.4 Å². The molecule has 5 heteroatoms. The van der Waals surface area contributed by atoms with Crippen molar-refractivity contribution in [2.45, 2.75) is 12.5 Å². The van der Waals surface area contributed by atoms with Crippen molar-refractivity contribution in [2.24, 2.45) is 0 Å². The molecule has 2 rings (SSSR count). The monoisotopic (exact) mass is 262 g/mol. The first-order valence-electron chi connectivity index (χ1n) is 6.59. The number of rotatable bonds is 4. The fourth-order valence-corrected chi connectivity index (χ4v) is 2.40. The number of amides is 1. The van der Waals surface area contributed by atoms with Gasteiger partial charge in [0.2, 0.25) is 5.91 Å². The maximum absolute atomic E-state index is 11.9. The molecule has 1 atom stereocenters. The zero-order chi connectivity index (χ0) is 13.8. The standard InChI is InChI=1S/C14H22N4O/c1-17(2)13-6-7-18(9-13)10-14(19)16-12-5-3-4-11(15)8-12/h3-5,8,13H,6-7,9-10,15H2,1-2H3,(H,16,19). The average molecular weight is 262 g/mol. The molecule has 1 unspecified atom stereocenters. The number of nitrogens with zero attached hydrogens (tertiary/aromatic N) is 2. The largest absolute Gasteiger partial charge is 0.399 e. The fraction of sp³-hybridized carbons (Fsp3) is 0.500. The summed E-state index contributed by atoms with van der Waals surface area (Å²) >= 11 is 0. The van der Waals surface area contributed by atoms with Crippen molar-refractivity contribution < 1.29 is 4.79 Å². The number of hydrogen-bond donors (Lipinski definition) is 2. The van der Waals surface area contributed by atoms with Crippen LogP contribution in [0.15, 0.2) is 24.3 Å². The molecule has 1 aliphatic heterocycles. The maximum Gasteiger partial charge on any atom is 0.238 e. The number of carbonyl (C=O) groups is 1. The number of hydrogen-bond acceptors (Lipinski definition) is 4. The van der Waals surface area contributed by atoms with Crippen LogP contribution in [-0.2, 0) is 4.79 Å². The fourth-order valence-electron chi connectivity index (χ4n) is 2.40. The molecule has 0 aromatic heterocycles. The normalized spacial score (nSPS) is 19.8. The summed E-state index contributed by atoms with van der Waals surface area (Å²) in [7, 11) is 4.17. The molecular weight excluding hydrogens is 240 g/mol. The van der Waals surface area contributed by atoms with E-state index < -0.39 is 0 Å². The van der Waals surface area contributed by atoms with Gasteiger partial charge in [-0.15, -0.1) is 0 Å². The molecule has 1 fully saturated rings. The summed E-state index contributed by atoms with van der Waals surface area (Å²) in [6, 6.07) is 7.81. The number of anilines is 2. The van der Waals surface area contributed by atoms with Crippen LogP contribution in [0.2, 0.25) is 0 Å². The van der Waals surface area contributed by atoms with E-state index in [-0.39, 0.29) is 5.91 Å². The van der Waals surface area contributed by atoms with E-state index in [1.807, 2.05) is 12.1 Å². The third-order valence-electron chi connectivity index (χ3n) is 3.52. The molecule has 1 aromatic carbocycles. The smallest absolute Gasteiger partial charge is 0.238 e. The van der Waals surface area contributed by atoms with E-state index >= 15 is 0 Å². The van der Waals surface area contributed by atoms with Crippen LogP contribution in [0.5, 0.6) is 0 Å². The van der Waals surface area contributed by atoms with Crippen molar-refractivity contribution in [3.8, 4) is 0 Å². The van der Waals surface area contributed by atoms with E-state index in [4.69, 9.17) is 5.73 Å². The van der Waals surface area contributed by atoms with E-state index in [2.05, 4.69) is 29.2 Å². The summed E-state index contributed by atoms with van der Waals surface area (Å²) in [4.78, 5) is 16.4. The number of likely N-dealkylation sites (N-methyl/N-ethyl adjacent to an activating group) is 1. The molecule has 104 valence electrons. The van der Waals surface area contributed by atoms with Crippen molar-refractivity contribution in [3.05, 3.63) is 24.3 Å². The molecule has 1 saturated heterocycles. The number of carbonyl (C=O) groups excluding carboxylic acids is 1. The lowest BCUT2D eigenvalue weighted by molar-refractivity contribution is -0.117. The van der Waals surface area contributed by atoms with Gasteiger partial charge in [-0.3, -0.25) is 9.69 Å². The second-order valence-electron chi connectivity index (χ2n) is 5.31. The van der Waals surface area contributed by atoms with Gasteiger partial charge in [0.1, 0.15) is 0 Å². The molecule has 3 N–H and O–H groups in total. The number of likely N-dealkylation sites (tertiary alicyclic amines) is 1. The van der Waals surface area contributed by atoms with Crippen molar-refractivity contribution in [2.75, 3.05) is 44.8 Å². The van der Waals surface area contributed by atoms with Gasteiger partial charge in [-0.1, -0.05) is 6.07 Å². The number of nitrogens with one attached hydrogen (secondary N) is 1. The Morgan fingerprint density at radius 1 is 1.53 bits per heavy atom. The zero-order valence-corrected chi connectivity index (χ0v) is 11.6. The van der Waals surface area contributed by atoms with Crippen LogP contribution >= 0.6 is 0 Å². The lowest BCUT2D eigenvalue weighted by Crippen LogP contribution is -2.35. The first-order chi connectivity index (χ1) is 9.04. The Morgan fingerprint density at radius 3 is 2.95 bits per heavy atom. The highest BCUT2D eigenvalue weighted by molar-refractivity contribution is 5.92. The Balaban J connectivity index is 1.82. The average Bonchev–Trinajstić information content (AvgIpc) is 2.77. The molecule has 1 heterocycles. The highest BCUT2D eigenvalue weighted by atomic mass is 16.2. The molecule has 0 radical (unpaired) electrons. The lowest BCUT2D eigenvalue weighted by atomic mass is 10.2. The minimum absolute atomic E-state index is 0.0185. The zero-order valence-electron chi connectivity index (χ0n) is 11.6. The van der Waals surface area contributed by atoms with Gasteiger partial charge in [0, 0.05) is 30.5 Å². The third kappa shape index (κ3) is 3.94. The van der Waals surface area contributed by atoms with Crippen molar-refractivity contribution in [1.82, 2.24) is 9.80 Å². The Kier molecular flexibility index (Phi) is 4.39. The molecule has 0 aliphatic carbocycles. The minimum atomic E-state index is 0.0185. The van der Waals surface area contributed by atoms with Crippen LogP contribution in [0.1, 0.15) is 6.42 Å². The number of benzene rings is 1. The molecule has 1 amide bonds. The summed E-state index contributed by atoms with van der Waals surface area (Å²) in [6.07, 6.45) is 1.12. The minimum Gasteiger partial charge on any atom is -0.399 e. The maximum atomic E-state index is 11.9. The second kappa shape index (κ2) is 6.04. The number of nitrogen functional groups attached to an aromatic ring is 1. The summed E-state index contributed by atoms with van der Waals surface area (Å²) in [5, 5.41) is 2.88. The van der Waals surface area contributed by atoms with Gasteiger partial charge in [-0.25, -0.2) is 0 Å². The summed E-state index contributed by atoms with van der Waals surface area (Å²) in [5.41, 5.74) is 7.10. The molecule has 0 bridgehead atoms. The topological polar surface area (TPSA) is 61.6 Å². The SMILES string of the molecule is CN(C)C1CCN(CC(=O)Nc2cccc(N)c2)C1. The van der Waals surface area contributed by atoms with Crippen molar-refractivity contribution in [1.29, 1.82) is 0 Å². The van der Waals surface area contributed by atoms with E-state index in [0.717, 1.165) is 25.2 Å². The molecular formula is C14H22N4O. The van der Waals surface area contributed by atoms with Crippen LogP contribution in [0.25, 0.3) is 0 Å². The predicted molar refractivity (Wildman–Crippen MR) is 78.0 cm³/mol. The van der Waals surface area contributed by atoms with Crippen LogP contribution in [0.3, 0.4) is 0 Å². The molecule has 0 saturated carbocycles. The van der Waals surface area contributed by atoms with Crippen molar-refractivity contribution in [3.63, 3.8) is 0 Å². The Bertz CT molecular complexity index is 447. The quantitative estimate of drug-likeness (QED) is 0.790. The molecule has 5 nitrogen and oxygen atoms in total. The summed E-state index contributed by atoms with van der Waals surface area (Å²) in [6.45, 7) is 2.38. The first-order valence-corrected chi connectivity index (χ1v) is 6.59. The van der Waals surface area contributed by atoms with Gasteiger partial charge in [0.05, 0.1) is 6.54 Å². The van der Waals surface area contributed by atoms with Gasteiger partial charge < -0.3 is 16.0 Å². The molecule has 1 aromatic rings. The lowest BCUT2D eigenvalue weighted by Gasteiger charge is -2.20. The van der Waals surface area contributed by atoms with E-state index in [9.17, 15) is 4.79 Å². The van der Waals surface area contributed by atoms with Crippen LogP contribution in [-0.4, -0.2) is 55.5 Å². The van der Waals surface area contributed by atoms with Gasteiger partial charge in [0.15, 0.2) is 0 Å². The van der Waals surface area contributed by atoms with Crippen molar-refractivity contribution >= 4 is 17.3 Å². The molecule has 1 aliphatic rings. The van der Waals surface area contributed by atoms with Crippen LogP contribution < -0.4 is 11.1 Å². The molecule has 19 heavy (non-hydrogen) atoms. The van der Waals surface area contributed by atoms with E-state index in [0.29, 0.717) is 18.3 Å². The summed E-state index contributed by atoms with van der Waals surface area (Å²) < 4.78 is 0. The van der Waals surface area contributed by atoms with Gasteiger partial charge in [0.25, 0.3) is 0 Å².